The van der Waals surface area contributed by atoms with Crippen LogP contribution in [0.3, 0.4) is 0 Å². The third kappa shape index (κ3) is 2.86. The Balaban J connectivity index is 2.42. The zero-order valence-electron chi connectivity index (χ0n) is 13.5. The zero-order chi connectivity index (χ0) is 16.5. The molecule has 5 heteroatoms. The third-order valence-corrected chi connectivity index (χ3v) is 3.62. The Morgan fingerprint density at radius 1 is 1.32 bits per heavy atom. The summed E-state index contributed by atoms with van der Waals surface area (Å²) in [7, 11) is 0. The molecule has 2 amide bonds. The van der Waals surface area contributed by atoms with E-state index >= 15 is 0 Å². The summed E-state index contributed by atoms with van der Waals surface area (Å²) < 4.78 is 5.30. The molecule has 1 aliphatic heterocycles. The average Bonchev–Trinajstić information content (AvgIpc) is 2.64. The molecule has 0 radical (unpaired) electrons. The van der Waals surface area contributed by atoms with Crippen molar-refractivity contribution < 1.29 is 19.4 Å². The predicted octanol–water partition coefficient (Wildman–Crippen LogP) is 3.35. The number of amides is 2. The van der Waals surface area contributed by atoms with Crippen molar-refractivity contribution in [2.45, 2.75) is 58.2 Å². The molecule has 0 unspecified atom stereocenters. The lowest BCUT2D eigenvalue weighted by Gasteiger charge is -2.25. The monoisotopic (exact) mass is 305 g/mol. The summed E-state index contributed by atoms with van der Waals surface area (Å²) in [5.41, 5.74) is -1.49. The van der Waals surface area contributed by atoms with Crippen LogP contribution in [0.2, 0.25) is 0 Å². The Hall–Kier alpha value is -1.88. The predicted molar refractivity (Wildman–Crippen MR) is 83.6 cm³/mol. The lowest BCUT2D eigenvalue weighted by molar-refractivity contribution is -0.136. The number of carbonyl (C=O) groups excluding carboxylic acids is 2. The molecule has 22 heavy (non-hydrogen) atoms. The number of unbranched alkanes of at least 4 members (excludes halogenated alkanes) is 1. The second-order valence-electron chi connectivity index (χ2n) is 6.60. The number of hydrogen-bond acceptors (Lipinski definition) is 4. The van der Waals surface area contributed by atoms with Crippen LogP contribution in [0.5, 0.6) is 0 Å². The molecule has 120 valence electrons. The first-order valence-corrected chi connectivity index (χ1v) is 7.60. The number of fused-ring (bicyclic) bond motifs is 1. The van der Waals surface area contributed by atoms with Gasteiger partial charge in [-0.15, -0.1) is 0 Å². The molecule has 0 saturated heterocycles. The highest BCUT2D eigenvalue weighted by Crippen LogP contribution is 2.43. The summed E-state index contributed by atoms with van der Waals surface area (Å²) in [6.07, 6.45) is 1.08. The van der Waals surface area contributed by atoms with Crippen molar-refractivity contribution in [1.82, 2.24) is 0 Å². The van der Waals surface area contributed by atoms with E-state index in [4.69, 9.17) is 4.74 Å². The lowest BCUT2D eigenvalue weighted by Crippen LogP contribution is -2.45. The van der Waals surface area contributed by atoms with Gasteiger partial charge in [0.25, 0.3) is 5.91 Å². The summed E-state index contributed by atoms with van der Waals surface area (Å²) >= 11 is 0. The highest BCUT2D eigenvalue weighted by Gasteiger charge is 2.52. The van der Waals surface area contributed by atoms with Gasteiger partial charge in [0, 0.05) is 5.56 Å². The van der Waals surface area contributed by atoms with E-state index in [-0.39, 0.29) is 0 Å². The van der Waals surface area contributed by atoms with Gasteiger partial charge >= 0.3 is 6.09 Å². The lowest BCUT2D eigenvalue weighted by atomic mass is 9.90. The van der Waals surface area contributed by atoms with Crippen LogP contribution in [0.25, 0.3) is 0 Å². The van der Waals surface area contributed by atoms with Crippen molar-refractivity contribution in [3.8, 4) is 0 Å². The van der Waals surface area contributed by atoms with Crippen LogP contribution in [0, 0.1) is 0 Å². The average molecular weight is 305 g/mol. The van der Waals surface area contributed by atoms with E-state index < -0.39 is 23.2 Å². The molecule has 1 N–H and O–H groups in total. The first-order chi connectivity index (χ1) is 10.2. The van der Waals surface area contributed by atoms with E-state index in [0.717, 1.165) is 11.3 Å². The van der Waals surface area contributed by atoms with Crippen LogP contribution in [0.1, 0.15) is 52.5 Å². The van der Waals surface area contributed by atoms with Crippen LogP contribution in [0.4, 0.5) is 10.5 Å². The Labute approximate surface area is 130 Å². The summed E-state index contributed by atoms with van der Waals surface area (Å²) in [4.78, 5) is 26.0. The second-order valence-corrected chi connectivity index (χ2v) is 6.60. The molecule has 0 spiro atoms. The van der Waals surface area contributed by atoms with E-state index in [9.17, 15) is 14.7 Å². The van der Waals surface area contributed by atoms with Crippen molar-refractivity contribution >= 4 is 17.7 Å². The maximum Gasteiger partial charge on any atom is 0.421 e. The molecule has 0 aliphatic carbocycles. The SMILES string of the molecule is CCCC[C@]1(O)C(=O)N(C(=O)OC(C)(C)C)c2ccccc21. The molecule has 1 aromatic rings. The van der Waals surface area contributed by atoms with Crippen molar-refractivity contribution in [3.05, 3.63) is 29.8 Å². The summed E-state index contributed by atoms with van der Waals surface area (Å²) in [6.45, 7) is 7.20. The molecule has 1 atom stereocenters. The Morgan fingerprint density at radius 3 is 2.55 bits per heavy atom. The second kappa shape index (κ2) is 5.72. The van der Waals surface area contributed by atoms with E-state index in [1.165, 1.54) is 0 Å². The summed E-state index contributed by atoms with van der Waals surface area (Å²) in [5.74, 6) is -0.628. The fourth-order valence-electron chi connectivity index (χ4n) is 2.59. The normalized spacial score (nSPS) is 21.0. The fourth-order valence-corrected chi connectivity index (χ4v) is 2.59. The number of rotatable bonds is 3. The first kappa shape index (κ1) is 16.5. The molecule has 0 fully saturated rings. The maximum absolute atomic E-state index is 12.7. The maximum atomic E-state index is 12.7. The first-order valence-electron chi connectivity index (χ1n) is 7.60. The van der Waals surface area contributed by atoms with Crippen LogP contribution < -0.4 is 4.90 Å². The van der Waals surface area contributed by atoms with Crippen molar-refractivity contribution in [2.75, 3.05) is 4.90 Å². The molecular weight excluding hydrogens is 282 g/mol. The molecule has 0 bridgehead atoms. The van der Waals surface area contributed by atoms with Gasteiger partial charge in [-0.2, -0.15) is 0 Å². The molecule has 2 rings (SSSR count). The topological polar surface area (TPSA) is 66.8 Å². The summed E-state index contributed by atoms with van der Waals surface area (Å²) in [6, 6.07) is 6.82. The van der Waals surface area contributed by atoms with Gasteiger partial charge in [0.2, 0.25) is 0 Å². The molecule has 0 aromatic heterocycles. The van der Waals surface area contributed by atoms with Crippen molar-refractivity contribution in [1.29, 1.82) is 0 Å². The number of anilines is 1. The van der Waals surface area contributed by atoms with Crippen molar-refractivity contribution in [3.63, 3.8) is 0 Å². The molecule has 1 aromatic carbocycles. The molecule has 0 saturated carbocycles. The minimum absolute atomic E-state index is 0.290. The summed E-state index contributed by atoms with van der Waals surface area (Å²) in [5, 5.41) is 10.9. The third-order valence-electron chi connectivity index (χ3n) is 3.62. The van der Waals surface area contributed by atoms with E-state index in [2.05, 4.69) is 0 Å². The van der Waals surface area contributed by atoms with Crippen LogP contribution in [0.15, 0.2) is 24.3 Å². The van der Waals surface area contributed by atoms with E-state index in [0.29, 0.717) is 24.1 Å². The molecule has 1 heterocycles. The van der Waals surface area contributed by atoms with Gasteiger partial charge in [-0.05, 0) is 39.7 Å². The number of carbonyl (C=O) groups is 2. The highest BCUT2D eigenvalue weighted by molar-refractivity contribution is 6.20. The minimum Gasteiger partial charge on any atom is -0.443 e. The number of imide groups is 1. The Bertz CT molecular complexity index is 591. The number of nitrogens with zero attached hydrogens (tertiary/aromatic N) is 1. The van der Waals surface area contributed by atoms with Crippen LogP contribution in [-0.2, 0) is 15.1 Å². The van der Waals surface area contributed by atoms with Gasteiger partial charge in [-0.25, -0.2) is 9.69 Å². The molecule has 1 aliphatic rings. The molecular formula is C17H23NO4. The fraction of sp³-hybridized carbons (Fsp3) is 0.529. The molecule has 5 nitrogen and oxygen atoms in total. The van der Waals surface area contributed by atoms with Gasteiger partial charge < -0.3 is 9.84 Å². The van der Waals surface area contributed by atoms with Gasteiger partial charge in [-0.1, -0.05) is 31.5 Å². The number of benzene rings is 1. The smallest absolute Gasteiger partial charge is 0.421 e. The minimum atomic E-state index is -1.65. The van der Waals surface area contributed by atoms with E-state index in [1.807, 2.05) is 6.92 Å². The van der Waals surface area contributed by atoms with Crippen molar-refractivity contribution in [2.24, 2.45) is 0 Å². The Morgan fingerprint density at radius 2 is 1.95 bits per heavy atom. The Kier molecular flexibility index (Phi) is 4.29. The zero-order valence-corrected chi connectivity index (χ0v) is 13.5. The van der Waals surface area contributed by atoms with Crippen LogP contribution in [-0.4, -0.2) is 22.7 Å². The standard InChI is InChI=1S/C17H23NO4/c1-5-6-11-17(21)12-9-7-8-10-13(12)18(14(17)19)15(20)22-16(2,3)4/h7-10,21H,5-6,11H2,1-4H3/t17-/m1/s1. The van der Waals surface area contributed by atoms with Gasteiger partial charge in [0.15, 0.2) is 5.60 Å². The number of para-hydroxylation sites is 1. The van der Waals surface area contributed by atoms with Gasteiger partial charge in [-0.3, -0.25) is 4.79 Å². The highest BCUT2D eigenvalue weighted by atomic mass is 16.6. The number of ether oxygens (including phenoxy) is 1. The quantitative estimate of drug-likeness (QED) is 0.930. The van der Waals surface area contributed by atoms with E-state index in [1.54, 1.807) is 45.0 Å². The largest absolute Gasteiger partial charge is 0.443 e. The number of aliphatic hydroxyl groups is 1. The van der Waals surface area contributed by atoms with Gasteiger partial charge in [0.1, 0.15) is 5.60 Å². The number of hydrogen-bond donors (Lipinski definition) is 1. The van der Waals surface area contributed by atoms with Gasteiger partial charge in [0.05, 0.1) is 5.69 Å². The van der Waals surface area contributed by atoms with Crippen LogP contribution >= 0.6 is 0 Å².